The molecule has 4 aromatic carbocycles. The van der Waals surface area contributed by atoms with Crippen LogP contribution in [0.5, 0.6) is 11.5 Å². The Morgan fingerprint density at radius 2 is 0.802 bits per heavy atom. The molecule has 4 fully saturated rings. The van der Waals surface area contributed by atoms with E-state index in [-0.39, 0.29) is 130 Å². The van der Waals surface area contributed by atoms with E-state index in [0.717, 1.165) is 105 Å². The van der Waals surface area contributed by atoms with Gasteiger partial charge in [0.1, 0.15) is 28.9 Å². The smallest absolute Gasteiger partial charge is 0.219 e. The molecule has 0 aliphatic heterocycles. The maximum atomic E-state index is 12.0. The zero-order chi connectivity index (χ0) is 81.1. The Labute approximate surface area is 726 Å². The Kier molecular flexibility index (Phi) is 42.7. The molecule has 625 valence electrons. The number of ketones is 3. The number of hydrogen-bond acceptors (Lipinski definition) is 22. The molecule has 3 radical (unpaired) electrons. The summed E-state index contributed by atoms with van der Waals surface area (Å²) >= 11 is 0. The minimum Gasteiger partial charge on any atom is -0.540 e. The van der Waals surface area contributed by atoms with E-state index in [2.05, 4.69) is 149 Å². The molecule has 0 bridgehead atoms. The van der Waals surface area contributed by atoms with Gasteiger partial charge in [-0.3, -0.25) is 24.4 Å². The first-order valence-corrected chi connectivity index (χ1v) is 40.2. The number of carbonyl (C=O) groups is 3. The molecule has 5 aromatic heterocycles. The topological polar surface area (TPSA) is 311 Å². The number of carbonyl (C=O) groups excluding carboxylic acids is 3. The molecule has 0 unspecified atom stereocenters. The van der Waals surface area contributed by atoms with Gasteiger partial charge in [0, 0.05) is 137 Å². The fraction of sp³-hybridized carbons (Fsp3) is 0.462. The fourth-order valence-corrected chi connectivity index (χ4v) is 13.6. The zero-order valence-electron chi connectivity index (χ0n) is 69.0. The molecule has 9 aromatic rings. The molecule has 22 nitrogen and oxygen atoms in total. The van der Waals surface area contributed by atoms with Gasteiger partial charge in [0.15, 0.2) is 17.3 Å². The van der Waals surface area contributed by atoms with Gasteiger partial charge in [-0.1, -0.05) is 164 Å². The summed E-state index contributed by atoms with van der Waals surface area (Å²) in [5.41, 5.74) is 7.10. The third-order valence-electron chi connectivity index (χ3n) is 20.9. The Hall–Kier alpha value is -8.82. The maximum Gasteiger partial charge on any atom is 0.219 e. The Balaban J connectivity index is 0.000000250. The summed E-state index contributed by atoms with van der Waals surface area (Å²) < 4.78 is 10.2. The molecule has 25 heteroatoms. The van der Waals surface area contributed by atoms with Crippen LogP contribution in [0.4, 0.5) is 0 Å². The van der Waals surface area contributed by atoms with Crippen molar-refractivity contribution >= 4 is 17.3 Å². The zero-order valence-corrected chi connectivity index (χ0v) is 76.2. The van der Waals surface area contributed by atoms with Gasteiger partial charge in [-0.25, -0.2) is 0 Å². The number of aliphatic hydroxyl groups is 3. The number of benzene rings is 4. The normalized spacial score (nSPS) is 14.8. The Morgan fingerprint density at radius 1 is 0.414 bits per heavy atom. The van der Waals surface area contributed by atoms with Crippen molar-refractivity contribution in [2.24, 2.45) is 35.5 Å². The molecule has 5 heterocycles. The van der Waals surface area contributed by atoms with Crippen molar-refractivity contribution in [1.29, 1.82) is 0 Å². The molecule has 3 N–H and O–H groups in total. The van der Waals surface area contributed by atoms with Crippen LogP contribution in [-0.4, -0.2) is 118 Å². The molecule has 0 spiro atoms. The van der Waals surface area contributed by atoms with Crippen LogP contribution in [0.25, 0.3) is 68.6 Å². The second kappa shape index (κ2) is 50.7. The summed E-state index contributed by atoms with van der Waals surface area (Å²) in [5.74, 6) is 6.63. The van der Waals surface area contributed by atoms with E-state index in [0.29, 0.717) is 63.4 Å². The van der Waals surface area contributed by atoms with E-state index in [9.17, 15) is 29.7 Å². The van der Waals surface area contributed by atoms with Crippen molar-refractivity contribution in [3.05, 3.63) is 192 Å². The molecule has 13 rings (SSSR count). The summed E-state index contributed by atoms with van der Waals surface area (Å²) in [7, 11) is 3.22. The average molecular weight is 2110 g/mol. The summed E-state index contributed by atoms with van der Waals surface area (Å²) in [6, 6.07) is 45.2. The second-order valence-electron chi connectivity index (χ2n) is 31.0. The first-order valence-electron chi connectivity index (χ1n) is 40.2. The third kappa shape index (κ3) is 31.2. The van der Waals surface area contributed by atoms with Crippen LogP contribution in [0.3, 0.4) is 0 Å². The fourth-order valence-electron chi connectivity index (χ4n) is 13.6. The number of aromatic nitrogens is 14. The number of nitrogens with zero attached hydrogens (tertiary/aromatic N) is 14. The third-order valence-corrected chi connectivity index (χ3v) is 20.9. The number of aliphatic hydroxyl groups excluding tert-OH is 3. The molecule has 0 saturated heterocycles. The molecule has 4 aliphatic rings. The van der Waals surface area contributed by atoms with Crippen molar-refractivity contribution in [3.8, 4) is 80.1 Å². The number of rotatable bonds is 21. The number of methoxy groups -OCH3 is 2. The second-order valence-corrected chi connectivity index (χ2v) is 31.0. The van der Waals surface area contributed by atoms with Gasteiger partial charge < -0.3 is 24.8 Å². The Morgan fingerprint density at radius 3 is 1.19 bits per heavy atom. The summed E-state index contributed by atoms with van der Waals surface area (Å²) in [6.07, 6.45) is 31.6. The molecule has 4 saturated carbocycles. The maximum absolute atomic E-state index is 12.0. The monoisotopic (exact) mass is 2110 g/mol. The van der Waals surface area contributed by atoms with E-state index in [1.54, 1.807) is 57.0 Å². The van der Waals surface area contributed by atoms with E-state index in [1.165, 1.54) is 87.5 Å². The average Bonchev–Trinajstić information content (AvgIpc) is 1.03. The molecular formula is C91H113Ir3N14O8-3. The van der Waals surface area contributed by atoms with Crippen LogP contribution in [0.15, 0.2) is 163 Å². The van der Waals surface area contributed by atoms with Gasteiger partial charge in [0.05, 0.1) is 31.5 Å². The van der Waals surface area contributed by atoms with Crippen LogP contribution in [0.2, 0.25) is 0 Å². The first-order chi connectivity index (χ1) is 54.5. The van der Waals surface area contributed by atoms with Gasteiger partial charge in [-0.2, -0.15) is 42.7 Å². The summed E-state index contributed by atoms with van der Waals surface area (Å²) in [4.78, 5) is 43.7. The Bertz CT molecular complexity index is 4180. The molecular weight excluding hydrogens is 1990 g/mol. The van der Waals surface area contributed by atoms with Gasteiger partial charge in [-0.05, 0) is 142 Å². The minimum absolute atomic E-state index is 0. The van der Waals surface area contributed by atoms with Crippen molar-refractivity contribution < 1.29 is 99.5 Å². The van der Waals surface area contributed by atoms with Crippen LogP contribution >= 0.6 is 0 Å². The van der Waals surface area contributed by atoms with Crippen molar-refractivity contribution in [2.75, 3.05) is 14.2 Å². The number of allylic oxidation sites excluding steroid dienone is 6. The number of pyridine rings is 2. The van der Waals surface area contributed by atoms with E-state index < -0.39 is 0 Å². The largest absolute Gasteiger partial charge is 0.540 e. The predicted octanol–water partition coefficient (Wildman–Crippen LogP) is 20.0. The first kappa shape index (κ1) is 97.8. The van der Waals surface area contributed by atoms with Crippen LogP contribution < -0.4 is 9.47 Å². The van der Waals surface area contributed by atoms with E-state index >= 15 is 0 Å². The molecule has 4 aliphatic carbocycles. The van der Waals surface area contributed by atoms with Crippen LogP contribution in [0.1, 0.15) is 222 Å². The van der Waals surface area contributed by atoms with E-state index in [1.807, 2.05) is 100 Å². The van der Waals surface area contributed by atoms with Crippen molar-refractivity contribution in [3.63, 3.8) is 0 Å². The SMILES string of the molecule is CC(C)(C)c1c[c-]c(-c2nnc(-c3ccc(C(C)(C)C)cc3)nn2)cc1.CCC(CC)C(=O)C=C(O)C(CC)CC.COc1c[c-]c(-c2nnc(-c3ccc(OC)cc3)nn2)cc1.O=C(C=C(O)C1CCCC1)C1CCCC1.O=C(C=C(O)C1CCCCC1)C1CCCCC1.[Ir].[Ir].[Ir].[c-]1cccnc1-c1nnc(-c2ccccn2)nn1. The number of ether oxygens (including phenoxy) is 2. The van der Waals surface area contributed by atoms with Crippen LogP contribution in [-0.2, 0) is 85.5 Å². The summed E-state index contributed by atoms with van der Waals surface area (Å²) in [5, 5.41) is 78.9. The molecule has 0 atom stereocenters. The molecule has 0 amide bonds. The van der Waals surface area contributed by atoms with Gasteiger partial charge in [0.25, 0.3) is 0 Å². The van der Waals surface area contributed by atoms with Gasteiger partial charge in [0.2, 0.25) is 17.5 Å². The van der Waals surface area contributed by atoms with Crippen molar-refractivity contribution in [2.45, 2.75) is 221 Å². The standard InChI is InChI=1S/C22H25N4.C16H13N4O2.C15H24O2.C13H20O2.C13H24O2.C12H7N6.3Ir/c1-21(2,3)17-11-7-15(8-12-17)19-23-25-20(26-24-19)16-9-13-18(14-10-16)22(4,5)6;1-21-13-7-3-11(4-8-13)15-17-19-16(20-18-15)12-5-9-14(22-2)10-6-12;16-14(12-7-3-1-4-8-12)11-15(17)13-9-5-2-6-10-13;14-12(10-5-1-2-6-10)9-13(15)11-7-3-4-8-11;1-5-10(6-2)12(14)9-13(15)11(7-3)8-4;1-3-7-13-9(5-1)11-15-17-12(18-16-11)10-6-2-4-8-14-10;;;/h7-9,11-14H,1-6H3;3-5,7-10H,1-2H3;11-13,16H,1-10H2;9-11,14H,1-8H2;9-11,14H,5-8H2,1-4H3;1-5,7-8H;;;/q2*-1;;;;-1;;;. The van der Waals surface area contributed by atoms with Crippen LogP contribution in [0, 0.1) is 53.7 Å². The quantitative estimate of drug-likeness (QED) is 0.0342. The van der Waals surface area contributed by atoms with Gasteiger partial charge >= 0.3 is 0 Å². The number of hydrogen-bond donors (Lipinski definition) is 3. The summed E-state index contributed by atoms with van der Waals surface area (Å²) in [6.45, 7) is 21.2. The van der Waals surface area contributed by atoms with Crippen molar-refractivity contribution in [1.82, 2.24) is 71.2 Å². The predicted molar refractivity (Wildman–Crippen MR) is 440 cm³/mol. The minimum atomic E-state index is 0. The van der Waals surface area contributed by atoms with E-state index in [4.69, 9.17) is 9.47 Å². The molecule has 116 heavy (non-hydrogen) atoms. The van der Waals surface area contributed by atoms with Gasteiger partial charge in [-0.15, -0.1) is 102 Å².